The molecule has 2 atom stereocenters. The van der Waals surface area contributed by atoms with Crippen LogP contribution in [0.2, 0.25) is 0 Å². The molecule has 0 saturated heterocycles. The molecule has 3 rings (SSSR count). The van der Waals surface area contributed by atoms with Crippen LogP contribution in [-0.4, -0.2) is 99.9 Å². The third kappa shape index (κ3) is 11.2. The molecule has 0 radical (unpaired) electrons. The van der Waals surface area contributed by atoms with Crippen LogP contribution >= 0.6 is 0 Å². The number of rotatable bonds is 16. The molecule has 13 heteroatoms. The average molecular weight is 663 g/mol. The number of hydrazine groups is 1. The van der Waals surface area contributed by atoms with Gasteiger partial charge in [-0.1, -0.05) is 65.0 Å². The van der Waals surface area contributed by atoms with Crippen molar-refractivity contribution in [1.82, 2.24) is 20.1 Å². The van der Waals surface area contributed by atoms with E-state index in [-0.39, 0.29) is 43.3 Å². The van der Waals surface area contributed by atoms with E-state index in [1.807, 2.05) is 65.0 Å². The minimum absolute atomic E-state index is 0.000287. The number of ether oxygens (including phenoxy) is 3. The fourth-order valence-corrected chi connectivity index (χ4v) is 6.65. The Bertz CT molecular complexity index is 1380. The molecule has 0 aromatic heterocycles. The Balaban J connectivity index is 1.99. The van der Waals surface area contributed by atoms with Crippen LogP contribution in [0.1, 0.15) is 46.6 Å². The highest BCUT2D eigenvalue weighted by Gasteiger charge is 2.37. The smallest absolute Gasteiger partial charge is 0.252 e. The quantitative estimate of drug-likeness (QED) is 0.182. The number of hydrogen-bond donors (Lipinski definition) is 3. The van der Waals surface area contributed by atoms with Gasteiger partial charge in [0.2, 0.25) is 15.9 Å². The first kappa shape index (κ1) is 37.2. The van der Waals surface area contributed by atoms with E-state index in [1.54, 1.807) is 13.2 Å². The number of aliphatic hydroxyl groups excluding tert-OH is 1. The lowest BCUT2D eigenvalue weighted by Crippen LogP contribution is -2.60. The van der Waals surface area contributed by atoms with Crippen molar-refractivity contribution in [3.05, 3.63) is 54.1 Å². The highest BCUT2D eigenvalue weighted by molar-refractivity contribution is 7.89. The summed E-state index contributed by atoms with van der Waals surface area (Å²) in [6.45, 7) is 10.7. The molecule has 256 valence electrons. The van der Waals surface area contributed by atoms with E-state index in [4.69, 9.17) is 14.2 Å². The van der Waals surface area contributed by atoms with Gasteiger partial charge in [0, 0.05) is 39.2 Å². The monoisotopic (exact) mass is 662 g/mol. The van der Waals surface area contributed by atoms with Gasteiger partial charge in [0.1, 0.15) is 13.2 Å². The van der Waals surface area contributed by atoms with Crippen LogP contribution in [0.25, 0.3) is 0 Å². The predicted octanol–water partition coefficient (Wildman–Crippen LogP) is 2.61. The van der Waals surface area contributed by atoms with Gasteiger partial charge in [-0.25, -0.2) is 13.4 Å². The molecule has 3 N–H and O–H groups in total. The third-order valence-corrected chi connectivity index (χ3v) is 8.97. The number of methoxy groups -OCH3 is 1. The number of aliphatic hydroxyl groups is 1. The molecular formula is C33H50N4O8S. The first-order chi connectivity index (χ1) is 21.7. The topological polar surface area (TPSA) is 147 Å². The molecule has 0 bridgehead atoms. The van der Waals surface area contributed by atoms with E-state index >= 15 is 0 Å². The van der Waals surface area contributed by atoms with Gasteiger partial charge >= 0.3 is 0 Å². The molecule has 1 aliphatic heterocycles. The lowest BCUT2D eigenvalue weighted by molar-refractivity contribution is -0.149. The summed E-state index contributed by atoms with van der Waals surface area (Å²) in [5.41, 5.74) is 3.10. The Hall–Kier alpha value is -3.23. The van der Waals surface area contributed by atoms with E-state index in [2.05, 4.69) is 10.7 Å². The molecule has 2 amide bonds. The number of benzene rings is 2. The molecular weight excluding hydrogens is 612 g/mol. The lowest BCUT2D eigenvalue weighted by Gasteiger charge is -2.38. The molecule has 1 heterocycles. The summed E-state index contributed by atoms with van der Waals surface area (Å²) in [5.74, 6) is -0.165. The molecule has 12 nitrogen and oxygen atoms in total. The highest BCUT2D eigenvalue weighted by atomic mass is 32.2. The van der Waals surface area contributed by atoms with E-state index in [0.29, 0.717) is 37.9 Å². The number of fused-ring (bicyclic) bond motifs is 1. The molecule has 0 spiro atoms. The SMILES string of the molecule is COCCNCC(=O)NN(C(=O)CC(C)(C)C)C(Cc1ccccc1)[C@H](O)CN(CC(C)C)S(=O)(=O)c1ccc2c(c1)OCCO2. The van der Waals surface area contributed by atoms with Gasteiger partial charge in [-0.15, -0.1) is 0 Å². The Morgan fingerprint density at radius 1 is 1.02 bits per heavy atom. The normalized spacial score (nSPS) is 14.6. The largest absolute Gasteiger partial charge is 0.486 e. The number of carbonyl (C=O) groups is 2. The number of sulfonamides is 1. The van der Waals surface area contributed by atoms with Crippen LogP contribution in [0.15, 0.2) is 53.4 Å². The van der Waals surface area contributed by atoms with Gasteiger partial charge in [0.15, 0.2) is 11.5 Å². The summed E-state index contributed by atoms with van der Waals surface area (Å²) >= 11 is 0. The van der Waals surface area contributed by atoms with E-state index in [1.165, 1.54) is 21.4 Å². The zero-order valence-electron chi connectivity index (χ0n) is 27.8. The Labute approximate surface area is 273 Å². The van der Waals surface area contributed by atoms with Crippen molar-refractivity contribution >= 4 is 21.8 Å². The van der Waals surface area contributed by atoms with E-state index in [9.17, 15) is 23.1 Å². The van der Waals surface area contributed by atoms with Crippen molar-refractivity contribution in [2.45, 2.75) is 64.5 Å². The van der Waals surface area contributed by atoms with E-state index < -0.39 is 39.4 Å². The maximum absolute atomic E-state index is 14.1. The van der Waals surface area contributed by atoms with Crippen LogP contribution in [0.3, 0.4) is 0 Å². The first-order valence-corrected chi connectivity index (χ1v) is 17.1. The molecule has 0 aliphatic carbocycles. The van der Waals surface area contributed by atoms with Crippen LogP contribution < -0.4 is 20.2 Å². The molecule has 2 aromatic rings. The summed E-state index contributed by atoms with van der Waals surface area (Å²) < 4.78 is 45.6. The summed E-state index contributed by atoms with van der Waals surface area (Å²) in [5, 5.41) is 16.1. The Kier molecular flexibility index (Phi) is 13.8. The Morgan fingerprint density at radius 2 is 1.70 bits per heavy atom. The first-order valence-electron chi connectivity index (χ1n) is 15.6. The molecule has 2 aromatic carbocycles. The zero-order valence-corrected chi connectivity index (χ0v) is 28.6. The molecule has 0 saturated carbocycles. The van der Waals surface area contributed by atoms with Gasteiger partial charge in [0.25, 0.3) is 5.91 Å². The van der Waals surface area contributed by atoms with Crippen LogP contribution in [0.5, 0.6) is 11.5 Å². The van der Waals surface area contributed by atoms with Gasteiger partial charge in [-0.2, -0.15) is 4.31 Å². The fraction of sp³-hybridized carbons (Fsp3) is 0.576. The predicted molar refractivity (Wildman–Crippen MR) is 175 cm³/mol. The number of amides is 2. The average Bonchev–Trinajstić information content (AvgIpc) is 2.99. The van der Waals surface area contributed by atoms with Crippen molar-refractivity contribution in [2.75, 3.05) is 53.1 Å². The van der Waals surface area contributed by atoms with Crippen LogP contribution in [-0.2, 0) is 30.8 Å². The maximum atomic E-state index is 14.1. The van der Waals surface area contributed by atoms with Crippen molar-refractivity contribution in [3.63, 3.8) is 0 Å². The fourth-order valence-electron chi connectivity index (χ4n) is 5.02. The third-order valence-electron chi connectivity index (χ3n) is 7.14. The standard InChI is InChI=1S/C33H50N4O8S/c1-24(2)22-36(46(41,42)26-12-13-29-30(19-26)45-17-16-44-29)23-28(38)27(18-25-10-8-7-9-11-25)37(32(40)20-33(3,4)5)35-31(39)21-34-14-15-43-6/h7-13,19,24,27-28,34,38H,14-18,20-23H2,1-6H3,(H,35,39)/t27?,28-/m1/s1. The minimum Gasteiger partial charge on any atom is -0.486 e. The van der Waals surface area contributed by atoms with Crippen molar-refractivity contribution in [1.29, 1.82) is 0 Å². The molecule has 46 heavy (non-hydrogen) atoms. The number of nitrogens with one attached hydrogen (secondary N) is 2. The lowest BCUT2D eigenvalue weighted by atomic mass is 9.91. The zero-order chi connectivity index (χ0) is 33.9. The summed E-state index contributed by atoms with van der Waals surface area (Å²) in [7, 11) is -2.56. The molecule has 1 unspecified atom stereocenters. The Morgan fingerprint density at radius 3 is 2.33 bits per heavy atom. The van der Waals surface area contributed by atoms with Crippen LogP contribution in [0, 0.1) is 11.3 Å². The second-order valence-corrected chi connectivity index (χ2v) is 15.0. The van der Waals surface area contributed by atoms with Crippen molar-refractivity contribution in [2.24, 2.45) is 11.3 Å². The van der Waals surface area contributed by atoms with Gasteiger partial charge in [-0.3, -0.25) is 15.0 Å². The van der Waals surface area contributed by atoms with Crippen molar-refractivity contribution in [3.8, 4) is 11.5 Å². The summed E-state index contributed by atoms with van der Waals surface area (Å²) in [6.07, 6.45) is -1.14. The second-order valence-electron chi connectivity index (χ2n) is 13.1. The van der Waals surface area contributed by atoms with Gasteiger partial charge in [-0.05, 0) is 35.4 Å². The number of carbonyl (C=O) groups excluding carboxylic acids is 2. The van der Waals surface area contributed by atoms with E-state index in [0.717, 1.165) is 5.56 Å². The number of nitrogens with zero attached hydrogens (tertiary/aromatic N) is 2. The van der Waals surface area contributed by atoms with Gasteiger partial charge < -0.3 is 24.6 Å². The summed E-state index contributed by atoms with van der Waals surface area (Å²) in [4.78, 5) is 26.9. The van der Waals surface area contributed by atoms with Gasteiger partial charge in [0.05, 0.1) is 30.2 Å². The van der Waals surface area contributed by atoms with Crippen LogP contribution in [0.4, 0.5) is 0 Å². The summed E-state index contributed by atoms with van der Waals surface area (Å²) in [6, 6.07) is 12.7. The molecule has 0 fully saturated rings. The second kappa shape index (κ2) is 17.1. The number of hydrogen-bond acceptors (Lipinski definition) is 9. The maximum Gasteiger partial charge on any atom is 0.252 e. The van der Waals surface area contributed by atoms with Crippen molar-refractivity contribution < 1.29 is 37.3 Å². The highest BCUT2D eigenvalue weighted by Crippen LogP contribution is 2.33. The molecule has 1 aliphatic rings. The minimum atomic E-state index is -4.12.